The summed E-state index contributed by atoms with van der Waals surface area (Å²) in [5, 5.41) is 1.11. The van der Waals surface area contributed by atoms with Crippen LogP contribution in [0.25, 0.3) is 38.9 Å². The average Bonchev–Trinajstić information content (AvgIpc) is 3.38. The molecule has 0 atom stereocenters. The van der Waals surface area contributed by atoms with Crippen molar-refractivity contribution < 1.29 is 0 Å². The summed E-state index contributed by atoms with van der Waals surface area (Å²) in [4.78, 5) is 14.7. The van der Waals surface area contributed by atoms with Crippen molar-refractivity contribution in [1.29, 1.82) is 0 Å². The summed E-state index contributed by atoms with van der Waals surface area (Å²) in [6, 6.07) is 21.0. The topological polar surface area (TPSA) is 69.1 Å². The lowest BCUT2D eigenvalue weighted by molar-refractivity contribution is 0.296. The quantitative estimate of drug-likeness (QED) is 0.198. The van der Waals surface area contributed by atoms with Crippen LogP contribution in [0.4, 0.5) is 5.82 Å². The van der Waals surface area contributed by atoms with E-state index in [2.05, 4.69) is 58.8 Å². The van der Waals surface area contributed by atoms with E-state index in [1.165, 1.54) is 64.2 Å². The Morgan fingerprint density at radius 3 is 2.46 bits per heavy atom. The van der Waals surface area contributed by atoms with Gasteiger partial charge in [0.15, 0.2) is 0 Å². The number of hydrogen-bond donors (Lipinski definition) is 1. The Hall–Kier alpha value is -3.73. The van der Waals surface area contributed by atoms with Crippen molar-refractivity contribution in [2.75, 3.05) is 5.73 Å². The number of nitrogen functional groups attached to an aromatic ring is 1. The molecule has 1 saturated carbocycles. The van der Waals surface area contributed by atoms with Gasteiger partial charge >= 0.3 is 0 Å². The number of aromatic nitrogens is 4. The highest BCUT2D eigenvalue weighted by Crippen LogP contribution is 2.40. The van der Waals surface area contributed by atoms with Crippen molar-refractivity contribution in [2.45, 2.75) is 77.0 Å². The van der Waals surface area contributed by atoms with E-state index in [1.807, 2.05) is 24.4 Å². The molecule has 2 aromatic carbocycles. The highest BCUT2D eigenvalue weighted by molar-refractivity contribution is 5.91. The van der Waals surface area contributed by atoms with Crippen LogP contribution in [0.15, 0.2) is 73.1 Å². The van der Waals surface area contributed by atoms with Gasteiger partial charge in [0.25, 0.3) is 0 Å². The molecule has 3 aromatic heterocycles. The maximum atomic E-state index is 6.47. The van der Waals surface area contributed by atoms with E-state index < -0.39 is 0 Å². The molecule has 1 fully saturated rings. The molecular weight excluding hydrogens is 478 g/mol. The van der Waals surface area contributed by atoms with Crippen LogP contribution in [0.1, 0.15) is 82.9 Å². The molecule has 1 aliphatic carbocycles. The molecule has 39 heavy (non-hydrogen) atoms. The normalized spacial score (nSPS) is 17.7. The second kappa shape index (κ2) is 11.6. The Kier molecular flexibility index (Phi) is 7.57. The largest absolute Gasteiger partial charge is 0.382 e. The van der Waals surface area contributed by atoms with Crippen LogP contribution in [-0.4, -0.2) is 19.4 Å². The number of hydrogen-bond acceptors (Lipinski definition) is 4. The first-order valence-corrected chi connectivity index (χ1v) is 14.8. The number of benzene rings is 2. The van der Waals surface area contributed by atoms with Gasteiger partial charge in [0.05, 0.1) is 11.2 Å². The van der Waals surface area contributed by atoms with E-state index in [0.29, 0.717) is 11.7 Å². The number of anilines is 1. The summed E-state index contributed by atoms with van der Waals surface area (Å²) in [5.74, 6) is 2.97. The fourth-order valence-corrected chi connectivity index (χ4v) is 6.36. The molecule has 0 unspecified atom stereocenters. The van der Waals surface area contributed by atoms with Crippen molar-refractivity contribution in [3.05, 3.63) is 78.9 Å². The highest BCUT2D eigenvalue weighted by Gasteiger charge is 2.27. The predicted octanol–water partition coefficient (Wildman–Crippen LogP) is 8.83. The number of nitrogens with two attached hydrogens (primary N) is 1. The van der Waals surface area contributed by atoms with Crippen LogP contribution in [0.5, 0.6) is 0 Å². The summed E-state index contributed by atoms with van der Waals surface area (Å²) in [6.45, 7) is 2.29. The monoisotopic (exact) mass is 517 g/mol. The van der Waals surface area contributed by atoms with Crippen LogP contribution in [-0.2, 0) is 0 Å². The SMILES string of the molecule is CCCCCCCC1CCC(c2nc(-c3ccc4ccc(-c5ccccc5)nc4c3)c3c(N)nccn23)CC1. The Morgan fingerprint density at radius 1 is 0.846 bits per heavy atom. The molecule has 0 spiro atoms. The second-order valence-electron chi connectivity index (χ2n) is 11.2. The molecule has 5 nitrogen and oxygen atoms in total. The zero-order valence-electron chi connectivity index (χ0n) is 23.0. The minimum Gasteiger partial charge on any atom is -0.382 e. The minimum absolute atomic E-state index is 0.452. The van der Waals surface area contributed by atoms with E-state index in [9.17, 15) is 0 Å². The van der Waals surface area contributed by atoms with Gasteiger partial charge in [-0.25, -0.2) is 15.0 Å². The molecule has 0 bridgehead atoms. The standard InChI is InChI=1S/C34H39N5/c1-2-3-4-5-7-10-24-13-15-27(16-14-24)34-38-31(32-33(35)36-21-22-39(32)34)28-18-17-26-19-20-29(37-30(26)23-28)25-11-8-6-9-12-25/h6,8-9,11-12,17-24,27H,2-5,7,10,13-16H2,1H3,(H2,35,36). The summed E-state index contributed by atoms with van der Waals surface area (Å²) in [6.07, 6.45) is 17.1. The molecule has 0 saturated heterocycles. The summed E-state index contributed by atoms with van der Waals surface area (Å²) in [5.41, 5.74) is 12.4. The third-order valence-corrected chi connectivity index (χ3v) is 8.57. The van der Waals surface area contributed by atoms with Gasteiger partial charge in [0.2, 0.25) is 0 Å². The average molecular weight is 518 g/mol. The fourth-order valence-electron chi connectivity index (χ4n) is 6.36. The van der Waals surface area contributed by atoms with Gasteiger partial charge < -0.3 is 5.73 Å². The maximum absolute atomic E-state index is 6.47. The zero-order valence-corrected chi connectivity index (χ0v) is 23.0. The number of pyridine rings is 1. The third kappa shape index (κ3) is 5.40. The van der Waals surface area contributed by atoms with E-state index in [1.54, 1.807) is 6.20 Å². The Labute approximate surface area is 231 Å². The molecule has 6 rings (SSSR count). The van der Waals surface area contributed by atoms with E-state index in [4.69, 9.17) is 15.7 Å². The molecule has 200 valence electrons. The van der Waals surface area contributed by atoms with Gasteiger partial charge in [-0.3, -0.25) is 4.40 Å². The number of rotatable bonds is 9. The van der Waals surface area contributed by atoms with Gasteiger partial charge in [-0.15, -0.1) is 0 Å². The lowest BCUT2D eigenvalue weighted by Crippen LogP contribution is -2.15. The first-order chi connectivity index (χ1) is 19.2. The zero-order chi connectivity index (χ0) is 26.6. The smallest absolute Gasteiger partial charge is 0.150 e. The Balaban J connectivity index is 1.28. The van der Waals surface area contributed by atoms with E-state index >= 15 is 0 Å². The van der Waals surface area contributed by atoms with Crippen molar-refractivity contribution in [2.24, 2.45) is 5.92 Å². The lowest BCUT2D eigenvalue weighted by Gasteiger charge is -2.28. The fraction of sp³-hybridized carbons (Fsp3) is 0.382. The van der Waals surface area contributed by atoms with Crippen molar-refractivity contribution >= 4 is 22.2 Å². The molecule has 0 aliphatic heterocycles. The van der Waals surface area contributed by atoms with Crippen molar-refractivity contribution in [3.63, 3.8) is 0 Å². The summed E-state index contributed by atoms with van der Waals surface area (Å²) in [7, 11) is 0. The van der Waals surface area contributed by atoms with Crippen LogP contribution in [0, 0.1) is 5.92 Å². The highest BCUT2D eigenvalue weighted by atomic mass is 15.1. The molecule has 5 heteroatoms. The van der Waals surface area contributed by atoms with Gasteiger partial charge in [0.1, 0.15) is 22.9 Å². The van der Waals surface area contributed by atoms with Crippen LogP contribution >= 0.6 is 0 Å². The number of nitrogens with zero attached hydrogens (tertiary/aromatic N) is 4. The van der Waals surface area contributed by atoms with Crippen molar-refractivity contribution in [1.82, 2.24) is 19.4 Å². The van der Waals surface area contributed by atoms with Crippen LogP contribution < -0.4 is 5.73 Å². The summed E-state index contributed by atoms with van der Waals surface area (Å²) >= 11 is 0. The molecule has 2 N–H and O–H groups in total. The molecule has 1 aliphatic rings. The van der Waals surface area contributed by atoms with Crippen molar-refractivity contribution in [3.8, 4) is 22.5 Å². The molecular formula is C34H39N5. The minimum atomic E-state index is 0.452. The van der Waals surface area contributed by atoms with Crippen LogP contribution in [0.2, 0.25) is 0 Å². The first-order valence-electron chi connectivity index (χ1n) is 14.8. The molecule has 0 amide bonds. The molecule has 5 aromatic rings. The third-order valence-electron chi connectivity index (χ3n) is 8.57. The van der Waals surface area contributed by atoms with E-state index in [-0.39, 0.29) is 0 Å². The Morgan fingerprint density at radius 2 is 1.64 bits per heavy atom. The maximum Gasteiger partial charge on any atom is 0.150 e. The van der Waals surface area contributed by atoms with Gasteiger partial charge in [-0.1, -0.05) is 94.0 Å². The van der Waals surface area contributed by atoms with Crippen LogP contribution in [0.3, 0.4) is 0 Å². The molecule has 3 heterocycles. The summed E-state index contributed by atoms with van der Waals surface area (Å²) < 4.78 is 2.20. The number of imidazole rings is 1. The molecule has 0 radical (unpaired) electrons. The van der Waals surface area contributed by atoms with E-state index in [0.717, 1.165) is 50.7 Å². The Bertz CT molecular complexity index is 1550. The second-order valence-corrected chi connectivity index (χ2v) is 11.2. The number of unbranched alkanes of at least 4 members (excludes halogenated alkanes) is 4. The number of fused-ring (bicyclic) bond motifs is 2. The van der Waals surface area contributed by atoms with Gasteiger partial charge in [0, 0.05) is 34.8 Å². The first kappa shape index (κ1) is 25.5. The van der Waals surface area contributed by atoms with Gasteiger partial charge in [-0.2, -0.15) is 0 Å². The predicted molar refractivity (Wildman–Crippen MR) is 162 cm³/mol. The lowest BCUT2D eigenvalue weighted by atomic mass is 9.79. The van der Waals surface area contributed by atoms with Gasteiger partial charge in [-0.05, 0) is 43.7 Å².